The van der Waals surface area contributed by atoms with Crippen LogP contribution in [-0.2, 0) is 0 Å². The van der Waals surface area contributed by atoms with E-state index in [-0.39, 0.29) is 0 Å². The molecule has 3 aromatic rings. The maximum atomic E-state index is 6.03. The molecule has 0 radical (unpaired) electrons. The topological polar surface area (TPSA) is 69.6 Å². The number of rotatable bonds is 2. The number of nitrogens with zero attached hydrogens (tertiary/aromatic N) is 4. The minimum absolute atomic E-state index is 0.502. The molecular weight excluding hydrogens is 250 g/mol. The number of nitrogens with two attached hydrogens (primary N) is 1. The normalized spacial score (nSPS) is 10.7. The minimum Gasteiger partial charge on any atom is -0.383 e. The summed E-state index contributed by atoms with van der Waals surface area (Å²) in [7, 11) is 0. The number of aryl methyl sites for hydroxylation is 2. The lowest BCUT2D eigenvalue weighted by atomic mass is 10.2. The Kier molecular flexibility index (Phi) is 2.95. The number of aromatic nitrogens is 4. The zero-order valence-corrected chi connectivity index (χ0v) is 11.4. The molecule has 5 heteroatoms. The Balaban J connectivity index is 2.09. The van der Waals surface area contributed by atoms with Crippen LogP contribution in [0.3, 0.4) is 0 Å². The molecule has 0 atom stereocenters. The van der Waals surface area contributed by atoms with Crippen LogP contribution in [0.1, 0.15) is 11.4 Å². The van der Waals surface area contributed by atoms with Crippen molar-refractivity contribution >= 4 is 5.82 Å². The van der Waals surface area contributed by atoms with Gasteiger partial charge in [0.2, 0.25) is 0 Å². The smallest absolute Gasteiger partial charge is 0.252 e. The van der Waals surface area contributed by atoms with Crippen molar-refractivity contribution in [3.05, 3.63) is 53.9 Å². The van der Waals surface area contributed by atoms with E-state index < -0.39 is 0 Å². The fraction of sp³-hybridized carbons (Fsp3) is 0.133. The molecule has 0 unspecified atom stereocenters. The SMILES string of the molecule is Cc1cc(C)nc(-n2nc(-c3ccccc3)cc2N)n1. The molecule has 0 fully saturated rings. The molecule has 2 heterocycles. The summed E-state index contributed by atoms with van der Waals surface area (Å²) < 4.78 is 1.57. The highest BCUT2D eigenvalue weighted by Crippen LogP contribution is 2.21. The molecule has 2 aromatic heterocycles. The fourth-order valence-corrected chi connectivity index (χ4v) is 2.11. The number of anilines is 1. The molecule has 0 bridgehead atoms. The van der Waals surface area contributed by atoms with Gasteiger partial charge < -0.3 is 5.73 Å². The number of hydrogen-bond acceptors (Lipinski definition) is 4. The second-order valence-corrected chi connectivity index (χ2v) is 4.68. The van der Waals surface area contributed by atoms with Gasteiger partial charge in [0.05, 0.1) is 5.69 Å². The summed E-state index contributed by atoms with van der Waals surface area (Å²) in [5.74, 6) is 1.02. The average Bonchev–Trinajstić information content (AvgIpc) is 2.81. The highest BCUT2D eigenvalue weighted by molar-refractivity contribution is 5.62. The van der Waals surface area contributed by atoms with Gasteiger partial charge in [0.1, 0.15) is 5.82 Å². The highest BCUT2D eigenvalue weighted by Gasteiger charge is 2.11. The summed E-state index contributed by atoms with van der Waals surface area (Å²) in [6.07, 6.45) is 0. The first kappa shape index (κ1) is 12.3. The Morgan fingerprint density at radius 3 is 2.25 bits per heavy atom. The summed E-state index contributed by atoms with van der Waals surface area (Å²) in [4.78, 5) is 8.76. The average molecular weight is 265 g/mol. The summed E-state index contributed by atoms with van der Waals surface area (Å²) in [6.45, 7) is 3.85. The molecule has 0 aliphatic rings. The van der Waals surface area contributed by atoms with Gasteiger partial charge >= 0.3 is 0 Å². The highest BCUT2D eigenvalue weighted by atomic mass is 15.4. The molecule has 0 aliphatic carbocycles. The molecule has 100 valence electrons. The maximum Gasteiger partial charge on any atom is 0.252 e. The van der Waals surface area contributed by atoms with Crippen LogP contribution < -0.4 is 5.73 Å². The third-order valence-electron chi connectivity index (χ3n) is 2.97. The lowest BCUT2D eigenvalue weighted by Crippen LogP contribution is -2.08. The number of benzene rings is 1. The van der Waals surface area contributed by atoms with E-state index >= 15 is 0 Å². The second kappa shape index (κ2) is 4.77. The van der Waals surface area contributed by atoms with Crippen LogP contribution in [-0.4, -0.2) is 19.7 Å². The Morgan fingerprint density at radius 1 is 0.950 bits per heavy atom. The van der Waals surface area contributed by atoms with Gasteiger partial charge in [-0.15, -0.1) is 0 Å². The molecular formula is C15H15N5. The van der Waals surface area contributed by atoms with Gasteiger partial charge in [-0.1, -0.05) is 30.3 Å². The Bertz CT molecular complexity index is 726. The lowest BCUT2D eigenvalue weighted by Gasteiger charge is -2.04. The molecule has 0 saturated heterocycles. The Hall–Kier alpha value is -2.69. The molecule has 20 heavy (non-hydrogen) atoms. The van der Waals surface area contributed by atoms with Crippen molar-refractivity contribution in [3.8, 4) is 17.2 Å². The maximum absolute atomic E-state index is 6.03. The molecule has 0 aliphatic heterocycles. The van der Waals surface area contributed by atoms with Gasteiger partial charge in [0, 0.05) is 23.0 Å². The third-order valence-corrected chi connectivity index (χ3v) is 2.97. The van der Waals surface area contributed by atoms with E-state index in [1.807, 2.05) is 56.3 Å². The van der Waals surface area contributed by atoms with Crippen LogP contribution in [0.5, 0.6) is 0 Å². The molecule has 1 aromatic carbocycles. The van der Waals surface area contributed by atoms with Gasteiger partial charge in [-0.2, -0.15) is 9.78 Å². The van der Waals surface area contributed by atoms with Gasteiger partial charge in [0.25, 0.3) is 5.95 Å². The summed E-state index contributed by atoms with van der Waals surface area (Å²) in [5.41, 5.74) is 9.64. The third kappa shape index (κ3) is 2.25. The molecule has 3 rings (SSSR count). The molecule has 0 amide bonds. The van der Waals surface area contributed by atoms with Gasteiger partial charge in [0.15, 0.2) is 0 Å². The Morgan fingerprint density at radius 2 is 1.60 bits per heavy atom. The van der Waals surface area contributed by atoms with E-state index in [0.29, 0.717) is 11.8 Å². The molecule has 0 saturated carbocycles. The predicted molar refractivity (Wildman–Crippen MR) is 78.5 cm³/mol. The summed E-state index contributed by atoms with van der Waals surface area (Å²) in [5, 5.41) is 4.50. The van der Waals surface area contributed by atoms with Crippen molar-refractivity contribution in [2.24, 2.45) is 0 Å². The van der Waals surface area contributed by atoms with E-state index in [2.05, 4.69) is 15.1 Å². The quantitative estimate of drug-likeness (QED) is 0.773. The van der Waals surface area contributed by atoms with Gasteiger partial charge in [-0.25, -0.2) is 9.97 Å². The number of nitrogen functional groups attached to an aromatic ring is 1. The van der Waals surface area contributed by atoms with Crippen molar-refractivity contribution in [1.29, 1.82) is 0 Å². The number of hydrogen-bond donors (Lipinski definition) is 1. The van der Waals surface area contributed by atoms with Crippen LogP contribution in [0.15, 0.2) is 42.5 Å². The van der Waals surface area contributed by atoms with E-state index in [4.69, 9.17) is 5.73 Å². The van der Waals surface area contributed by atoms with Crippen LogP contribution in [0.4, 0.5) is 5.82 Å². The first-order valence-corrected chi connectivity index (χ1v) is 6.37. The van der Waals surface area contributed by atoms with Crippen LogP contribution in [0, 0.1) is 13.8 Å². The lowest BCUT2D eigenvalue weighted by molar-refractivity contribution is 0.805. The van der Waals surface area contributed by atoms with Crippen molar-refractivity contribution < 1.29 is 0 Å². The van der Waals surface area contributed by atoms with Gasteiger partial charge in [-0.05, 0) is 19.9 Å². The predicted octanol–water partition coefficient (Wildman–Crippen LogP) is 2.53. The van der Waals surface area contributed by atoms with Crippen molar-refractivity contribution in [2.45, 2.75) is 13.8 Å². The second-order valence-electron chi connectivity index (χ2n) is 4.68. The molecule has 2 N–H and O–H groups in total. The zero-order valence-electron chi connectivity index (χ0n) is 11.4. The molecule has 0 spiro atoms. The van der Waals surface area contributed by atoms with E-state index in [1.54, 1.807) is 4.68 Å². The van der Waals surface area contributed by atoms with E-state index in [1.165, 1.54) is 0 Å². The van der Waals surface area contributed by atoms with Crippen LogP contribution in [0.2, 0.25) is 0 Å². The largest absolute Gasteiger partial charge is 0.383 e. The van der Waals surface area contributed by atoms with Crippen molar-refractivity contribution in [3.63, 3.8) is 0 Å². The first-order valence-electron chi connectivity index (χ1n) is 6.37. The monoisotopic (exact) mass is 265 g/mol. The standard InChI is InChI=1S/C15H15N5/c1-10-8-11(2)18-15(17-10)20-14(16)9-13(19-20)12-6-4-3-5-7-12/h3-9H,16H2,1-2H3. The van der Waals surface area contributed by atoms with Crippen LogP contribution >= 0.6 is 0 Å². The van der Waals surface area contributed by atoms with E-state index in [0.717, 1.165) is 22.6 Å². The first-order chi connectivity index (χ1) is 9.63. The fourth-order valence-electron chi connectivity index (χ4n) is 2.11. The van der Waals surface area contributed by atoms with Gasteiger partial charge in [-0.3, -0.25) is 0 Å². The van der Waals surface area contributed by atoms with Crippen molar-refractivity contribution in [2.75, 3.05) is 5.73 Å². The van der Waals surface area contributed by atoms with Crippen LogP contribution in [0.25, 0.3) is 17.2 Å². The van der Waals surface area contributed by atoms with E-state index in [9.17, 15) is 0 Å². The minimum atomic E-state index is 0.502. The Labute approximate surface area is 117 Å². The summed E-state index contributed by atoms with van der Waals surface area (Å²) >= 11 is 0. The zero-order chi connectivity index (χ0) is 14.1. The summed E-state index contributed by atoms with van der Waals surface area (Å²) in [6, 6.07) is 13.6. The van der Waals surface area contributed by atoms with Crippen molar-refractivity contribution in [1.82, 2.24) is 19.7 Å². The molecule has 5 nitrogen and oxygen atoms in total.